The van der Waals surface area contributed by atoms with Crippen LogP contribution >= 0.6 is 15.9 Å². The van der Waals surface area contributed by atoms with Gasteiger partial charge in [-0.25, -0.2) is 4.98 Å². The maximum Gasteiger partial charge on any atom is 0.282 e. The molecule has 0 aliphatic carbocycles. The van der Waals surface area contributed by atoms with E-state index >= 15 is 0 Å². The zero-order chi connectivity index (χ0) is 15.6. The minimum absolute atomic E-state index is 0.109. The van der Waals surface area contributed by atoms with Gasteiger partial charge in [-0.15, -0.1) is 0 Å². The number of carbonyl (C=O) groups excluding carboxylic acids is 1. The first-order valence-electron chi connectivity index (χ1n) is 5.87. The number of carbonyl (C=O) groups is 1. The lowest BCUT2D eigenvalue weighted by Crippen LogP contribution is -2.15. The van der Waals surface area contributed by atoms with E-state index in [0.717, 1.165) is 4.47 Å². The molecule has 2 rings (SSSR count). The van der Waals surface area contributed by atoms with Crippen LogP contribution in [0.4, 0.5) is 17.2 Å². The van der Waals surface area contributed by atoms with Crippen LogP contribution < -0.4 is 11.1 Å². The number of nitrogens with two attached hydrogens (primary N) is 1. The van der Waals surface area contributed by atoms with Crippen molar-refractivity contribution in [2.45, 2.75) is 6.92 Å². The van der Waals surface area contributed by atoms with Crippen molar-refractivity contribution in [3.05, 3.63) is 56.2 Å². The summed E-state index contributed by atoms with van der Waals surface area (Å²) in [5, 5.41) is 13.5. The van der Waals surface area contributed by atoms with Gasteiger partial charge in [0.2, 0.25) is 0 Å². The minimum Gasteiger partial charge on any atom is -0.399 e. The van der Waals surface area contributed by atoms with E-state index in [-0.39, 0.29) is 16.9 Å². The number of hydrogen-bond acceptors (Lipinski definition) is 5. The summed E-state index contributed by atoms with van der Waals surface area (Å²) >= 11 is 3.30. The number of aryl methyl sites for hydroxylation is 1. The Morgan fingerprint density at radius 3 is 2.71 bits per heavy atom. The normalized spacial score (nSPS) is 10.2. The molecule has 1 heterocycles. The number of hydrogen-bond donors (Lipinski definition) is 2. The van der Waals surface area contributed by atoms with E-state index in [4.69, 9.17) is 5.73 Å². The number of nitrogens with zero attached hydrogens (tertiary/aromatic N) is 2. The number of anilines is 2. The second-order valence-corrected chi connectivity index (χ2v) is 5.11. The molecule has 1 amide bonds. The van der Waals surface area contributed by atoms with Gasteiger partial charge in [0.1, 0.15) is 11.4 Å². The van der Waals surface area contributed by atoms with Gasteiger partial charge >= 0.3 is 0 Å². The second kappa shape index (κ2) is 5.88. The van der Waals surface area contributed by atoms with Crippen LogP contribution in [0.3, 0.4) is 0 Å². The first kappa shape index (κ1) is 14.9. The highest BCUT2D eigenvalue weighted by Gasteiger charge is 2.20. The van der Waals surface area contributed by atoms with Crippen molar-refractivity contribution in [3.63, 3.8) is 0 Å². The molecule has 0 bridgehead atoms. The molecule has 0 spiro atoms. The molecule has 0 saturated carbocycles. The molecule has 1 aromatic carbocycles. The number of benzene rings is 1. The summed E-state index contributed by atoms with van der Waals surface area (Å²) in [7, 11) is 0. The number of halogens is 1. The van der Waals surface area contributed by atoms with Gasteiger partial charge in [0.05, 0.1) is 10.6 Å². The third-order valence-electron chi connectivity index (χ3n) is 2.72. The van der Waals surface area contributed by atoms with E-state index in [2.05, 4.69) is 26.2 Å². The fourth-order valence-electron chi connectivity index (χ4n) is 1.69. The number of nitro benzene ring substituents is 1. The maximum absolute atomic E-state index is 12.2. The highest BCUT2D eigenvalue weighted by atomic mass is 79.9. The molecule has 8 heteroatoms. The molecular weight excluding hydrogens is 340 g/mol. The van der Waals surface area contributed by atoms with Crippen LogP contribution in [0.1, 0.15) is 16.1 Å². The largest absolute Gasteiger partial charge is 0.399 e. The number of aromatic nitrogens is 1. The Labute approximate surface area is 128 Å². The summed E-state index contributed by atoms with van der Waals surface area (Å²) in [5.41, 5.74) is 6.12. The Morgan fingerprint density at radius 2 is 2.10 bits per heavy atom. The van der Waals surface area contributed by atoms with E-state index in [1.165, 1.54) is 18.2 Å². The quantitative estimate of drug-likeness (QED) is 0.502. The maximum atomic E-state index is 12.2. The van der Waals surface area contributed by atoms with Crippen LogP contribution in [0.15, 0.2) is 34.8 Å². The molecule has 21 heavy (non-hydrogen) atoms. The number of nitrogen functional groups attached to an aromatic ring is 1. The molecule has 2 aromatic rings. The van der Waals surface area contributed by atoms with Crippen molar-refractivity contribution in [1.82, 2.24) is 4.98 Å². The van der Waals surface area contributed by atoms with E-state index in [9.17, 15) is 14.9 Å². The highest BCUT2D eigenvalue weighted by molar-refractivity contribution is 9.10. The fraction of sp³-hybridized carbons (Fsp3) is 0.0769. The Bertz CT molecular complexity index is 733. The van der Waals surface area contributed by atoms with Gasteiger partial charge < -0.3 is 11.1 Å². The first-order valence-corrected chi connectivity index (χ1v) is 6.66. The minimum atomic E-state index is -0.636. The molecule has 0 atom stereocenters. The Morgan fingerprint density at radius 1 is 1.38 bits per heavy atom. The third-order valence-corrected chi connectivity index (χ3v) is 3.56. The molecule has 0 aliphatic heterocycles. The number of nitrogens with one attached hydrogen (secondary N) is 1. The molecule has 0 unspecified atom stereocenters. The molecule has 0 radical (unpaired) electrons. The Kier molecular flexibility index (Phi) is 4.18. The molecule has 108 valence electrons. The average molecular weight is 351 g/mol. The van der Waals surface area contributed by atoms with Gasteiger partial charge in [-0.3, -0.25) is 14.9 Å². The zero-order valence-corrected chi connectivity index (χ0v) is 12.5. The second-order valence-electron chi connectivity index (χ2n) is 4.25. The van der Waals surface area contributed by atoms with Crippen molar-refractivity contribution in [3.8, 4) is 0 Å². The molecule has 0 fully saturated rings. The molecule has 0 aliphatic rings. The topological polar surface area (TPSA) is 111 Å². The molecule has 1 aromatic heterocycles. The zero-order valence-electron chi connectivity index (χ0n) is 11.0. The average Bonchev–Trinajstić information content (AvgIpc) is 2.42. The lowest BCUT2D eigenvalue weighted by atomic mass is 10.1. The van der Waals surface area contributed by atoms with Crippen molar-refractivity contribution in [1.29, 1.82) is 0 Å². The summed E-state index contributed by atoms with van der Waals surface area (Å²) in [6, 6.07) is 7.15. The van der Waals surface area contributed by atoms with Gasteiger partial charge in [-0.1, -0.05) is 0 Å². The van der Waals surface area contributed by atoms with Crippen LogP contribution in [0.25, 0.3) is 0 Å². The molecule has 3 N–H and O–H groups in total. The lowest BCUT2D eigenvalue weighted by molar-refractivity contribution is -0.385. The number of nitro groups is 1. The van der Waals surface area contributed by atoms with Gasteiger partial charge in [-0.05, 0) is 47.1 Å². The van der Waals surface area contributed by atoms with E-state index < -0.39 is 10.8 Å². The van der Waals surface area contributed by atoms with Crippen LogP contribution in [0.2, 0.25) is 0 Å². The van der Waals surface area contributed by atoms with Gasteiger partial charge in [0.25, 0.3) is 11.6 Å². The van der Waals surface area contributed by atoms with Crippen LogP contribution in [0, 0.1) is 17.0 Å². The Balaban J connectivity index is 2.34. The molecular formula is C13H11BrN4O3. The van der Waals surface area contributed by atoms with Gasteiger partial charge in [-0.2, -0.15) is 0 Å². The molecule has 0 saturated heterocycles. The van der Waals surface area contributed by atoms with E-state index in [1.54, 1.807) is 19.1 Å². The third kappa shape index (κ3) is 3.34. The standard InChI is InChI=1S/C13H11BrN4O3/c1-7-10(14)3-5-12(16-7)17-13(19)9-6-8(15)2-4-11(9)18(20)21/h2-6H,15H2,1H3,(H,16,17,19). The van der Waals surface area contributed by atoms with E-state index in [1.807, 2.05) is 0 Å². The monoisotopic (exact) mass is 350 g/mol. The van der Waals surface area contributed by atoms with Crippen LogP contribution in [-0.4, -0.2) is 15.8 Å². The number of pyridine rings is 1. The smallest absolute Gasteiger partial charge is 0.282 e. The summed E-state index contributed by atoms with van der Waals surface area (Å²) < 4.78 is 0.801. The van der Waals surface area contributed by atoms with Crippen molar-refractivity contribution in [2.24, 2.45) is 0 Å². The summed E-state index contributed by atoms with van der Waals surface area (Å²) in [4.78, 5) is 26.6. The summed E-state index contributed by atoms with van der Waals surface area (Å²) in [6.07, 6.45) is 0. The number of amides is 1. The lowest BCUT2D eigenvalue weighted by Gasteiger charge is -2.07. The first-order chi connectivity index (χ1) is 9.88. The SMILES string of the molecule is Cc1nc(NC(=O)c2cc(N)ccc2[N+](=O)[O-])ccc1Br. The van der Waals surface area contributed by atoms with Crippen molar-refractivity contribution < 1.29 is 9.72 Å². The van der Waals surface area contributed by atoms with Crippen molar-refractivity contribution >= 4 is 39.0 Å². The number of rotatable bonds is 3. The highest BCUT2D eigenvalue weighted by Crippen LogP contribution is 2.23. The van der Waals surface area contributed by atoms with Crippen molar-refractivity contribution in [2.75, 3.05) is 11.1 Å². The van der Waals surface area contributed by atoms with Crippen LogP contribution in [0.5, 0.6) is 0 Å². The fourth-order valence-corrected chi connectivity index (χ4v) is 1.91. The molecule has 7 nitrogen and oxygen atoms in total. The Hall–Kier alpha value is -2.48. The van der Waals surface area contributed by atoms with E-state index in [0.29, 0.717) is 11.5 Å². The van der Waals surface area contributed by atoms with Crippen LogP contribution in [-0.2, 0) is 0 Å². The van der Waals surface area contributed by atoms with Gasteiger partial charge in [0.15, 0.2) is 0 Å². The van der Waals surface area contributed by atoms with Gasteiger partial charge in [0, 0.05) is 16.2 Å². The summed E-state index contributed by atoms with van der Waals surface area (Å²) in [5.74, 6) is -0.333. The predicted molar refractivity (Wildman–Crippen MR) is 82.1 cm³/mol. The summed E-state index contributed by atoms with van der Waals surface area (Å²) in [6.45, 7) is 1.77. The predicted octanol–water partition coefficient (Wildman–Crippen LogP) is 2.90.